The zero-order valence-electron chi connectivity index (χ0n) is 9.18. The molecule has 0 aliphatic heterocycles. The second kappa shape index (κ2) is 6.18. The van der Waals surface area contributed by atoms with Gasteiger partial charge in [0.25, 0.3) is 0 Å². The van der Waals surface area contributed by atoms with Gasteiger partial charge in [-0.25, -0.2) is 4.98 Å². The second-order valence-corrected chi connectivity index (χ2v) is 5.54. The molecule has 0 radical (unpaired) electrons. The first-order valence-corrected chi connectivity index (χ1v) is 7.27. The van der Waals surface area contributed by atoms with Gasteiger partial charge in [-0.15, -0.1) is 10.2 Å². The van der Waals surface area contributed by atoms with E-state index in [4.69, 9.17) is 11.6 Å². The largest absolute Gasteiger partial charge is 0.360 e. The molecule has 0 saturated carbocycles. The van der Waals surface area contributed by atoms with Gasteiger partial charge in [0.15, 0.2) is 0 Å². The first-order valence-electron chi connectivity index (χ1n) is 5.09. The SMILES string of the molecule is CCNc1nnc(CSc2ncccc2Cl)s1. The third-order valence-electron chi connectivity index (χ3n) is 1.85. The van der Waals surface area contributed by atoms with Crippen LogP contribution in [0.3, 0.4) is 0 Å². The molecule has 0 spiro atoms. The first-order chi connectivity index (χ1) is 8.29. The van der Waals surface area contributed by atoms with E-state index in [2.05, 4.69) is 20.5 Å². The summed E-state index contributed by atoms with van der Waals surface area (Å²) in [6.07, 6.45) is 1.73. The van der Waals surface area contributed by atoms with Crippen LogP contribution in [0, 0.1) is 0 Å². The highest BCUT2D eigenvalue weighted by Crippen LogP contribution is 2.28. The number of aromatic nitrogens is 3. The molecule has 17 heavy (non-hydrogen) atoms. The van der Waals surface area contributed by atoms with Crippen molar-refractivity contribution in [1.82, 2.24) is 15.2 Å². The topological polar surface area (TPSA) is 50.7 Å². The zero-order chi connectivity index (χ0) is 12.1. The molecule has 7 heteroatoms. The molecular weight excluding hydrogens is 276 g/mol. The fourth-order valence-electron chi connectivity index (χ4n) is 1.14. The summed E-state index contributed by atoms with van der Waals surface area (Å²) in [6.45, 7) is 2.89. The van der Waals surface area contributed by atoms with Crippen LogP contribution in [0.1, 0.15) is 11.9 Å². The number of halogens is 1. The molecular formula is C10H11ClN4S2. The van der Waals surface area contributed by atoms with Gasteiger partial charge in [-0.1, -0.05) is 34.7 Å². The predicted molar refractivity (Wildman–Crippen MR) is 72.9 cm³/mol. The summed E-state index contributed by atoms with van der Waals surface area (Å²) in [6, 6.07) is 3.65. The Morgan fingerprint density at radius 2 is 2.35 bits per heavy atom. The lowest BCUT2D eigenvalue weighted by molar-refractivity contribution is 1.02. The smallest absolute Gasteiger partial charge is 0.205 e. The molecule has 0 bridgehead atoms. The van der Waals surface area contributed by atoms with E-state index < -0.39 is 0 Å². The summed E-state index contributed by atoms with van der Waals surface area (Å²) >= 11 is 9.14. The quantitative estimate of drug-likeness (QED) is 0.855. The van der Waals surface area contributed by atoms with Gasteiger partial charge in [-0.2, -0.15) is 0 Å². The Bertz CT molecular complexity index is 489. The van der Waals surface area contributed by atoms with Crippen molar-refractivity contribution in [2.45, 2.75) is 17.7 Å². The maximum atomic E-state index is 6.02. The van der Waals surface area contributed by atoms with E-state index in [1.807, 2.05) is 19.1 Å². The van der Waals surface area contributed by atoms with Crippen molar-refractivity contribution in [3.05, 3.63) is 28.4 Å². The average Bonchev–Trinajstić information content (AvgIpc) is 2.76. The van der Waals surface area contributed by atoms with Crippen molar-refractivity contribution >= 4 is 39.8 Å². The number of nitrogens with one attached hydrogen (secondary N) is 1. The number of nitrogens with zero attached hydrogens (tertiary/aromatic N) is 3. The molecule has 0 aliphatic rings. The lowest BCUT2D eigenvalue weighted by Crippen LogP contribution is -1.94. The predicted octanol–water partition coefficient (Wildman–Crippen LogP) is 3.31. The van der Waals surface area contributed by atoms with E-state index in [9.17, 15) is 0 Å². The summed E-state index contributed by atoms with van der Waals surface area (Å²) in [7, 11) is 0. The third kappa shape index (κ3) is 3.55. The van der Waals surface area contributed by atoms with Gasteiger partial charge in [-0.05, 0) is 19.1 Å². The number of pyridine rings is 1. The molecule has 1 N–H and O–H groups in total. The van der Waals surface area contributed by atoms with Gasteiger partial charge in [-0.3, -0.25) is 0 Å². The van der Waals surface area contributed by atoms with Crippen LogP contribution in [-0.2, 0) is 5.75 Å². The van der Waals surface area contributed by atoms with Gasteiger partial charge in [0.05, 0.1) is 10.8 Å². The molecule has 0 amide bonds. The van der Waals surface area contributed by atoms with Crippen molar-refractivity contribution in [2.75, 3.05) is 11.9 Å². The summed E-state index contributed by atoms with van der Waals surface area (Å²) in [5, 5.41) is 14.6. The highest BCUT2D eigenvalue weighted by Gasteiger charge is 2.06. The normalized spacial score (nSPS) is 10.5. The molecule has 2 aromatic heterocycles. The Kier molecular flexibility index (Phi) is 4.58. The highest BCUT2D eigenvalue weighted by atomic mass is 35.5. The van der Waals surface area contributed by atoms with Crippen LogP contribution in [0.5, 0.6) is 0 Å². The molecule has 0 fully saturated rings. The van der Waals surface area contributed by atoms with Crippen molar-refractivity contribution in [1.29, 1.82) is 0 Å². The Morgan fingerprint density at radius 1 is 1.47 bits per heavy atom. The van der Waals surface area contributed by atoms with Gasteiger partial charge in [0.1, 0.15) is 10.0 Å². The van der Waals surface area contributed by atoms with Crippen LogP contribution >= 0.6 is 34.7 Å². The molecule has 2 rings (SSSR count). The number of rotatable bonds is 5. The molecule has 90 valence electrons. The van der Waals surface area contributed by atoms with E-state index >= 15 is 0 Å². The lowest BCUT2D eigenvalue weighted by atomic mass is 10.5. The molecule has 0 aliphatic carbocycles. The second-order valence-electron chi connectivity index (χ2n) is 3.11. The summed E-state index contributed by atoms with van der Waals surface area (Å²) in [4.78, 5) is 4.21. The van der Waals surface area contributed by atoms with Crippen LogP contribution in [0.2, 0.25) is 5.02 Å². The van der Waals surface area contributed by atoms with Crippen LogP contribution in [-0.4, -0.2) is 21.7 Å². The minimum atomic E-state index is 0.675. The highest BCUT2D eigenvalue weighted by molar-refractivity contribution is 7.98. The van der Waals surface area contributed by atoms with Crippen LogP contribution < -0.4 is 5.32 Å². The molecule has 0 aromatic carbocycles. The molecule has 0 atom stereocenters. The number of hydrogen-bond donors (Lipinski definition) is 1. The summed E-state index contributed by atoms with van der Waals surface area (Å²) < 4.78 is 0. The third-order valence-corrected chi connectivity index (χ3v) is 4.35. The van der Waals surface area contributed by atoms with Gasteiger partial charge < -0.3 is 5.32 Å². The minimum absolute atomic E-state index is 0.675. The van der Waals surface area contributed by atoms with Gasteiger partial charge in [0, 0.05) is 12.7 Å². The van der Waals surface area contributed by atoms with Crippen LogP contribution in [0.15, 0.2) is 23.4 Å². The van der Waals surface area contributed by atoms with Crippen molar-refractivity contribution < 1.29 is 0 Å². The summed E-state index contributed by atoms with van der Waals surface area (Å²) in [5.41, 5.74) is 0. The fourth-order valence-corrected chi connectivity index (χ4v) is 3.10. The molecule has 2 heterocycles. The van der Waals surface area contributed by atoms with Crippen LogP contribution in [0.4, 0.5) is 5.13 Å². The molecule has 0 saturated heterocycles. The number of hydrogen-bond acceptors (Lipinski definition) is 6. The fraction of sp³-hybridized carbons (Fsp3) is 0.300. The van der Waals surface area contributed by atoms with Crippen molar-refractivity contribution in [2.24, 2.45) is 0 Å². The van der Waals surface area contributed by atoms with E-state index in [1.165, 1.54) is 0 Å². The van der Waals surface area contributed by atoms with Gasteiger partial charge >= 0.3 is 0 Å². The van der Waals surface area contributed by atoms with E-state index in [1.54, 1.807) is 29.3 Å². The standard InChI is InChI=1S/C10H11ClN4S2/c1-2-12-10-15-14-8(17-10)6-16-9-7(11)4-3-5-13-9/h3-5H,2,6H2,1H3,(H,12,15). The lowest BCUT2D eigenvalue weighted by Gasteiger charge is -1.99. The number of thioether (sulfide) groups is 1. The maximum absolute atomic E-state index is 6.02. The Hall–Kier alpha value is -0.850. The maximum Gasteiger partial charge on any atom is 0.205 e. The monoisotopic (exact) mass is 286 g/mol. The Balaban J connectivity index is 1.95. The molecule has 0 unspecified atom stereocenters. The van der Waals surface area contributed by atoms with Crippen molar-refractivity contribution in [3.8, 4) is 0 Å². The zero-order valence-corrected chi connectivity index (χ0v) is 11.6. The molecule has 2 aromatic rings. The minimum Gasteiger partial charge on any atom is -0.360 e. The first kappa shape index (κ1) is 12.6. The number of anilines is 1. The van der Waals surface area contributed by atoms with Crippen molar-refractivity contribution in [3.63, 3.8) is 0 Å². The Labute approximate surface area is 113 Å². The van der Waals surface area contributed by atoms with Gasteiger partial charge in [0.2, 0.25) is 5.13 Å². The average molecular weight is 287 g/mol. The summed E-state index contributed by atoms with van der Waals surface area (Å²) in [5.74, 6) is 0.736. The Morgan fingerprint density at radius 3 is 3.12 bits per heavy atom. The molecule has 4 nitrogen and oxygen atoms in total. The van der Waals surface area contributed by atoms with E-state index in [-0.39, 0.29) is 0 Å². The van der Waals surface area contributed by atoms with E-state index in [0.29, 0.717) is 5.02 Å². The van der Waals surface area contributed by atoms with E-state index in [0.717, 1.165) is 27.5 Å². The van der Waals surface area contributed by atoms with Crippen LogP contribution in [0.25, 0.3) is 0 Å².